The number of rotatable bonds is 4. The van der Waals surface area contributed by atoms with Crippen molar-refractivity contribution >= 4 is 28.5 Å². The minimum atomic E-state index is -0.460. The number of nitro groups is 1. The van der Waals surface area contributed by atoms with Crippen molar-refractivity contribution in [3.05, 3.63) is 75.0 Å². The monoisotopic (exact) mass is 429 g/mol. The van der Waals surface area contributed by atoms with Crippen LogP contribution in [0.15, 0.2) is 48.1 Å². The second-order valence-electron chi connectivity index (χ2n) is 7.04. The van der Waals surface area contributed by atoms with Crippen molar-refractivity contribution < 1.29 is 4.92 Å². The predicted molar refractivity (Wildman–Crippen MR) is 116 cm³/mol. The Balaban J connectivity index is 1.61. The van der Waals surface area contributed by atoms with Gasteiger partial charge in [0.2, 0.25) is 0 Å². The Morgan fingerprint density at radius 3 is 2.87 bits per heavy atom. The maximum absolute atomic E-state index is 11.7. The van der Waals surface area contributed by atoms with Crippen LogP contribution in [0.1, 0.15) is 16.8 Å². The fourth-order valence-corrected chi connectivity index (χ4v) is 4.39. The molecule has 0 saturated heterocycles. The first-order chi connectivity index (χ1) is 15.0. The molecule has 0 aliphatic carbocycles. The molecule has 0 fully saturated rings. The van der Waals surface area contributed by atoms with Crippen molar-refractivity contribution in [2.45, 2.75) is 13.3 Å². The molecule has 0 spiro atoms. The van der Waals surface area contributed by atoms with Gasteiger partial charge in [0.15, 0.2) is 0 Å². The summed E-state index contributed by atoms with van der Waals surface area (Å²) >= 11 is 1.52. The molecule has 0 N–H and O–H groups in total. The summed E-state index contributed by atoms with van der Waals surface area (Å²) in [6.07, 6.45) is 4.30. The van der Waals surface area contributed by atoms with E-state index in [1.807, 2.05) is 41.6 Å². The lowest BCUT2D eigenvalue weighted by Gasteiger charge is -2.19. The van der Waals surface area contributed by atoms with Gasteiger partial charge >= 0.3 is 0 Å². The summed E-state index contributed by atoms with van der Waals surface area (Å²) in [4.78, 5) is 22.0. The van der Waals surface area contributed by atoms with Crippen molar-refractivity contribution in [2.75, 3.05) is 11.4 Å². The summed E-state index contributed by atoms with van der Waals surface area (Å²) in [5.74, 6) is 0.675. The normalized spacial score (nSPS) is 12.6. The first-order valence-electron chi connectivity index (χ1n) is 9.47. The molecule has 31 heavy (non-hydrogen) atoms. The molecule has 9 nitrogen and oxygen atoms in total. The maximum atomic E-state index is 11.7. The standard InChI is InChI=1S/C21H15N7O2S/c1-13-10-18(27-8-5-16(25-27)21-23-6-9-31-21)15-4-7-26(20(15)24-13)17-3-2-14(12-22)11-19(17)28(29)30/h2-3,5-6,8-11H,4,7H2,1H3. The summed E-state index contributed by atoms with van der Waals surface area (Å²) < 4.78 is 1.81. The van der Waals surface area contributed by atoms with E-state index < -0.39 is 4.92 Å². The lowest BCUT2D eigenvalue weighted by Crippen LogP contribution is -2.16. The van der Waals surface area contributed by atoms with Crippen LogP contribution in [0, 0.1) is 28.4 Å². The zero-order valence-corrected chi connectivity index (χ0v) is 17.2. The Bertz CT molecular complexity index is 1350. The number of aromatic nitrogens is 4. The number of hydrogen-bond donors (Lipinski definition) is 0. The molecule has 0 bridgehead atoms. The van der Waals surface area contributed by atoms with Crippen LogP contribution in [0.25, 0.3) is 16.4 Å². The molecule has 0 amide bonds. The lowest BCUT2D eigenvalue weighted by atomic mass is 10.1. The van der Waals surface area contributed by atoms with E-state index >= 15 is 0 Å². The second-order valence-corrected chi connectivity index (χ2v) is 7.94. The molecule has 4 aromatic rings. The van der Waals surface area contributed by atoms with E-state index in [1.54, 1.807) is 23.0 Å². The van der Waals surface area contributed by atoms with Crippen molar-refractivity contribution in [3.8, 4) is 22.5 Å². The Morgan fingerprint density at radius 2 is 2.13 bits per heavy atom. The molecule has 10 heteroatoms. The van der Waals surface area contributed by atoms with Crippen LogP contribution >= 0.6 is 11.3 Å². The van der Waals surface area contributed by atoms with Gasteiger partial charge in [-0.1, -0.05) is 0 Å². The van der Waals surface area contributed by atoms with Crippen LogP contribution in [0.5, 0.6) is 0 Å². The number of nitro benzene ring substituents is 1. The first-order valence-corrected chi connectivity index (χ1v) is 10.4. The zero-order valence-electron chi connectivity index (χ0n) is 16.4. The van der Waals surface area contributed by atoms with Gasteiger partial charge in [-0.25, -0.2) is 14.6 Å². The summed E-state index contributed by atoms with van der Waals surface area (Å²) in [6.45, 7) is 2.44. The first kappa shape index (κ1) is 18.9. The number of aryl methyl sites for hydroxylation is 1. The van der Waals surface area contributed by atoms with Crippen molar-refractivity contribution in [1.82, 2.24) is 19.7 Å². The third-order valence-electron chi connectivity index (χ3n) is 5.13. The number of nitriles is 1. The van der Waals surface area contributed by atoms with E-state index in [2.05, 4.69) is 15.1 Å². The maximum Gasteiger partial charge on any atom is 0.294 e. The van der Waals surface area contributed by atoms with E-state index in [1.165, 1.54) is 17.4 Å². The van der Waals surface area contributed by atoms with Crippen LogP contribution in [0.2, 0.25) is 0 Å². The number of anilines is 2. The van der Waals surface area contributed by atoms with Crippen LogP contribution in [0.3, 0.4) is 0 Å². The number of hydrogen-bond acceptors (Lipinski definition) is 8. The molecule has 0 unspecified atom stereocenters. The number of fused-ring (bicyclic) bond motifs is 1. The highest BCUT2D eigenvalue weighted by Gasteiger charge is 2.30. The molecule has 1 aliphatic heterocycles. The van der Waals surface area contributed by atoms with E-state index in [0.717, 1.165) is 27.6 Å². The molecule has 4 heterocycles. The Morgan fingerprint density at radius 1 is 1.26 bits per heavy atom. The summed E-state index contributed by atoms with van der Waals surface area (Å²) in [5, 5.41) is 28.2. The highest BCUT2D eigenvalue weighted by Crippen LogP contribution is 2.40. The zero-order chi connectivity index (χ0) is 21.5. The van der Waals surface area contributed by atoms with Crippen molar-refractivity contribution in [1.29, 1.82) is 5.26 Å². The van der Waals surface area contributed by atoms with Gasteiger partial charge in [0.1, 0.15) is 22.2 Å². The topological polar surface area (TPSA) is 114 Å². The Labute approximate surface area is 181 Å². The van der Waals surface area contributed by atoms with Gasteiger partial charge in [0, 0.05) is 41.6 Å². The minimum absolute atomic E-state index is 0.109. The molecule has 3 aromatic heterocycles. The fraction of sp³-hybridized carbons (Fsp3) is 0.143. The van der Waals surface area contributed by atoms with E-state index in [-0.39, 0.29) is 11.3 Å². The van der Waals surface area contributed by atoms with Gasteiger partial charge in [0.25, 0.3) is 5.69 Å². The lowest BCUT2D eigenvalue weighted by molar-refractivity contribution is -0.384. The summed E-state index contributed by atoms with van der Waals surface area (Å²) in [7, 11) is 0. The van der Waals surface area contributed by atoms with E-state index in [0.29, 0.717) is 24.5 Å². The number of benzene rings is 1. The average molecular weight is 429 g/mol. The number of nitrogens with zero attached hydrogens (tertiary/aromatic N) is 7. The minimum Gasteiger partial charge on any atom is -0.320 e. The SMILES string of the molecule is Cc1cc(-n2ccc(-c3nccs3)n2)c2c(n1)N(c1ccc(C#N)cc1[N+](=O)[O-])CC2. The molecular weight excluding hydrogens is 414 g/mol. The number of pyridine rings is 1. The molecule has 152 valence electrons. The third-order valence-corrected chi connectivity index (χ3v) is 5.92. The molecule has 1 aromatic carbocycles. The van der Waals surface area contributed by atoms with Crippen LogP contribution in [-0.4, -0.2) is 31.2 Å². The van der Waals surface area contributed by atoms with Gasteiger partial charge < -0.3 is 4.90 Å². The van der Waals surface area contributed by atoms with Gasteiger partial charge in [-0.3, -0.25) is 10.1 Å². The molecule has 0 saturated carbocycles. The quantitative estimate of drug-likeness (QED) is 0.353. The third kappa shape index (κ3) is 3.21. The molecule has 0 radical (unpaired) electrons. The highest BCUT2D eigenvalue weighted by atomic mass is 32.1. The van der Waals surface area contributed by atoms with Gasteiger partial charge in [-0.2, -0.15) is 10.4 Å². The average Bonchev–Trinajstić information content (AvgIpc) is 3.52. The van der Waals surface area contributed by atoms with Crippen molar-refractivity contribution in [3.63, 3.8) is 0 Å². The Hall–Kier alpha value is -4.10. The molecule has 0 atom stereocenters. The van der Waals surface area contributed by atoms with Gasteiger partial charge in [-0.15, -0.1) is 11.3 Å². The van der Waals surface area contributed by atoms with E-state index in [9.17, 15) is 10.1 Å². The highest BCUT2D eigenvalue weighted by molar-refractivity contribution is 7.13. The van der Waals surface area contributed by atoms with Crippen LogP contribution in [-0.2, 0) is 6.42 Å². The number of thiazole rings is 1. The smallest absolute Gasteiger partial charge is 0.294 e. The molecular formula is C21H15N7O2S. The second kappa shape index (κ2) is 7.30. The predicted octanol–water partition coefficient (Wildman–Crippen LogP) is 4.17. The molecule has 1 aliphatic rings. The van der Waals surface area contributed by atoms with Crippen LogP contribution in [0.4, 0.5) is 17.2 Å². The fourth-order valence-electron chi connectivity index (χ4n) is 3.79. The van der Waals surface area contributed by atoms with Crippen LogP contribution < -0.4 is 4.90 Å². The largest absolute Gasteiger partial charge is 0.320 e. The van der Waals surface area contributed by atoms with Crippen molar-refractivity contribution in [2.24, 2.45) is 0 Å². The summed E-state index contributed by atoms with van der Waals surface area (Å²) in [5.41, 5.74) is 4.00. The Kier molecular flexibility index (Phi) is 4.45. The summed E-state index contributed by atoms with van der Waals surface area (Å²) in [6, 6.07) is 10.3. The van der Waals surface area contributed by atoms with E-state index in [4.69, 9.17) is 5.26 Å². The van der Waals surface area contributed by atoms with Gasteiger partial charge in [0.05, 0.1) is 22.2 Å². The van der Waals surface area contributed by atoms with Gasteiger partial charge in [-0.05, 0) is 37.6 Å². The molecule has 5 rings (SSSR count).